The minimum atomic E-state index is -0.240. The van der Waals surface area contributed by atoms with Crippen molar-refractivity contribution in [2.45, 2.75) is 13.0 Å². The minimum absolute atomic E-state index is 0.0903. The van der Waals surface area contributed by atoms with Crippen LogP contribution >= 0.6 is 0 Å². The summed E-state index contributed by atoms with van der Waals surface area (Å²) in [5.74, 6) is -0.547. The van der Waals surface area contributed by atoms with Crippen molar-refractivity contribution in [1.29, 1.82) is 5.26 Å². The second-order valence-corrected chi connectivity index (χ2v) is 5.15. The van der Waals surface area contributed by atoms with Crippen molar-refractivity contribution >= 4 is 11.8 Å². The van der Waals surface area contributed by atoms with Crippen LogP contribution in [0.3, 0.4) is 0 Å². The fourth-order valence-corrected chi connectivity index (χ4v) is 2.55. The smallest absolute Gasteiger partial charge is 0.253 e. The van der Waals surface area contributed by atoms with Crippen LogP contribution in [0.5, 0.6) is 0 Å². The van der Waals surface area contributed by atoms with Crippen LogP contribution < -0.4 is 5.32 Å². The van der Waals surface area contributed by atoms with Crippen LogP contribution in [-0.2, 0) is 4.79 Å². The topological polar surface area (TPSA) is 93.4 Å². The van der Waals surface area contributed by atoms with E-state index in [4.69, 9.17) is 5.26 Å². The number of benzene rings is 1. The van der Waals surface area contributed by atoms with E-state index >= 15 is 0 Å². The Labute approximate surface area is 123 Å². The van der Waals surface area contributed by atoms with Crippen LogP contribution in [0.25, 0.3) is 0 Å². The lowest BCUT2D eigenvalue weighted by molar-refractivity contribution is -0.119. The van der Waals surface area contributed by atoms with Gasteiger partial charge in [-0.2, -0.15) is 5.26 Å². The summed E-state index contributed by atoms with van der Waals surface area (Å²) >= 11 is 0. The van der Waals surface area contributed by atoms with Gasteiger partial charge < -0.3 is 15.3 Å². The SMILES string of the molecule is CC(=O)N[C@@H]1CN(C(=O)c2cccc(C#N)c2)C[C@H]1CO. The Balaban J connectivity index is 2.13. The third kappa shape index (κ3) is 3.38. The monoisotopic (exact) mass is 287 g/mol. The second-order valence-electron chi connectivity index (χ2n) is 5.15. The molecule has 1 saturated heterocycles. The Hall–Kier alpha value is -2.39. The average molecular weight is 287 g/mol. The molecule has 1 aromatic rings. The van der Waals surface area contributed by atoms with Gasteiger partial charge in [-0.3, -0.25) is 9.59 Å². The molecule has 21 heavy (non-hydrogen) atoms. The number of carbonyl (C=O) groups is 2. The molecule has 0 spiro atoms. The second kappa shape index (κ2) is 6.37. The van der Waals surface area contributed by atoms with Gasteiger partial charge in [0.05, 0.1) is 17.7 Å². The molecule has 1 aliphatic heterocycles. The zero-order valence-corrected chi connectivity index (χ0v) is 11.7. The first kappa shape index (κ1) is 15.0. The molecule has 0 aliphatic carbocycles. The van der Waals surface area contributed by atoms with Gasteiger partial charge in [0, 0.05) is 38.1 Å². The van der Waals surface area contributed by atoms with Gasteiger partial charge in [0.1, 0.15) is 0 Å². The highest BCUT2D eigenvalue weighted by atomic mass is 16.3. The Morgan fingerprint density at radius 1 is 1.48 bits per heavy atom. The number of aliphatic hydroxyl groups excluding tert-OH is 1. The number of nitriles is 1. The van der Waals surface area contributed by atoms with E-state index in [1.165, 1.54) is 6.92 Å². The largest absolute Gasteiger partial charge is 0.396 e. The molecule has 1 aromatic carbocycles. The van der Waals surface area contributed by atoms with E-state index in [9.17, 15) is 14.7 Å². The first-order valence-electron chi connectivity index (χ1n) is 6.72. The molecule has 1 heterocycles. The molecule has 0 bridgehead atoms. The van der Waals surface area contributed by atoms with E-state index in [1.807, 2.05) is 6.07 Å². The molecule has 0 radical (unpaired) electrons. The summed E-state index contributed by atoms with van der Waals surface area (Å²) in [6, 6.07) is 8.26. The highest BCUT2D eigenvalue weighted by Crippen LogP contribution is 2.19. The Morgan fingerprint density at radius 3 is 2.86 bits per heavy atom. The van der Waals surface area contributed by atoms with Crippen molar-refractivity contribution in [3.8, 4) is 6.07 Å². The third-order valence-electron chi connectivity index (χ3n) is 3.59. The molecule has 0 aromatic heterocycles. The van der Waals surface area contributed by atoms with Crippen LogP contribution in [0.1, 0.15) is 22.8 Å². The minimum Gasteiger partial charge on any atom is -0.396 e. The molecule has 2 N–H and O–H groups in total. The zero-order valence-electron chi connectivity index (χ0n) is 11.7. The van der Waals surface area contributed by atoms with Gasteiger partial charge in [0.25, 0.3) is 5.91 Å². The van der Waals surface area contributed by atoms with E-state index in [2.05, 4.69) is 5.32 Å². The Bertz CT molecular complexity index is 594. The molecule has 6 nitrogen and oxygen atoms in total. The van der Waals surface area contributed by atoms with Crippen LogP contribution in [-0.4, -0.2) is 47.6 Å². The fourth-order valence-electron chi connectivity index (χ4n) is 2.55. The number of rotatable bonds is 3. The molecule has 110 valence electrons. The number of nitrogens with zero attached hydrogens (tertiary/aromatic N) is 2. The van der Waals surface area contributed by atoms with Crippen molar-refractivity contribution in [3.63, 3.8) is 0 Å². The Morgan fingerprint density at radius 2 is 2.24 bits per heavy atom. The molecule has 0 saturated carbocycles. The number of aliphatic hydroxyl groups is 1. The standard InChI is InChI=1S/C15H17N3O3/c1-10(20)17-14-8-18(7-13(14)9-19)15(21)12-4-2-3-11(5-12)6-16/h2-5,13-14,19H,7-9H2,1H3,(H,17,20)/t13-,14+/m0/s1. The normalized spacial score (nSPS) is 20.9. The summed E-state index contributed by atoms with van der Waals surface area (Å²) in [5.41, 5.74) is 0.867. The van der Waals surface area contributed by atoms with Gasteiger partial charge in [-0.15, -0.1) is 0 Å². The van der Waals surface area contributed by atoms with E-state index in [-0.39, 0.29) is 30.4 Å². The molecule has 0 unspecified atom stereocenters. The van der Waals surface area contributed by atoms with Crippen molar-refractivity contribution in [2.24, 2.45) is 5.92 Å². The number of carbonyl (C=O) groups excluding carboxylic acids is 2. The molecule has 2 rings (SSSR count). The first-order chi connectivity index (χ1) is 10.0. The highest BCUT2D eigenvalue weighted by molar-refractivity contribution is 5.94. The Kier molecular flexibility index (Phi) is 4.55. The third-order valence-corrected chi connectivity index (χ3v) is 3.59. The van der Waals surface area contributed by atoms with Crippen molar-refractivity contribution in [3.05, 3.63) is 35.4 Å². The molecule has 2 amide bonds. The van der Waals surface area contributed by atoms with Gasteiger partial charge in [-0.05, 0) is 18.2 Å². The lowest BCUT2D eigenvalue weighted by Crippen LogP contribution is -2.40. The summed E-state index contributed by atoms with van der Waals surface area (Å²) in [5, 5.41) is 21.0. The quantitative estimate of drug-likeness (QED) is 0.826. The van der Waals surface area contributed by atoms with E-state index in [1.54, 1.807) is 29.2 Å². The maximum atomic E-state index is 12.4. The van der Waals surface area contributed by atoms with Crippen LogP contribution in [0.4, 0.5) is 0 Å². The molecule has 2 atom stereocenters. The zero-order chi connectivity index (χ0) is 15.4. The average Bonchev–Trinajstić information content (AvgIpc) is 2.88. The fraction of sp³-hybridized carbons (Fsp3) is 0.400. The van der Waals surface area contributed by atoms with Gasteiger partial charge in [-0.1, -0.05) is 6.07 Å². The molecular formula is C15H17N3O3. The highest BCUT2D eigenvalue weighted by Gasteiger charge is 2.35. The predicted molar refractivity (Wildman–Crippen MR) is 75.2 cm³/mol. The number of hydrogen-bond acceptors (Lipinski definition) is 4. The van der Waals surface area contributed by atoms with Crippen LogP contribution in [0, 0.1) is 17.2 Å². The molecule has 6 heteroatoms. The lowest BCUT2D eigenvalue weighted by Gasteiger charge is -2.17. The van der Waals surface area contributed by atoms with Crippen LogP contribution in [0.15, 0.2) is 24.3 Å². The molecule has 1 fully saturated rings. The summed E-state index contributed by atoms with van der Waals surface area (Å²) < 4.78 is 0. The van der Waals surface area contributed by atoms with Crippen molar-refractivity contribution in [2.75, 3.05) is 19.7 Å². The first-order valence-corrected chi connectivity index (χ1v) is 6.72. The summed E-state index contributed by atoms with van der Waals surface area (Å²) in [7, 11) is 0. The summed E-state index contributed by atoms with van der Waals surface area (Å²) in [6.45, 7) is 2.07. The predicted octanol–water partition coefficient (Wildman–Crippen LogP) is 0.127. The summed E-state index contributed by atoms with van der Waals surface area (Å²) in [4.78, 5) is 25.2. The maximum absolute atomic E-state index is 12.4. The summed E-state index contributed by atoms with van der Waals surface area (Å²) in [6.07, 6.45) is 0. The number of amides is 2. The number of nitrogens with one attached hydrogen (secondary N) is 1. The van der Waals surface area contributed by atoms with Crippen LogP contribution in [0.2, 0.25) is 0 Å². The van der Waals surface area contributed by atoms with E-state index < -0.39 is 0 Å². The van der Waals surface area contributed by atoms with Gasteiger partial charge >= 0.3 is 0 Å². The molecular weight excluding hydrogens is 270 g/mol. The number of hydrogen-bond donors (Lipinski definition) is 2. The lowest BCUT2D eigenvalue weighted by atomic mass is 10.1. The van der Waals surface area contributed by atoms with E-state index in [0.717, 1.165) is 0 Å². The van der Waals surface area contributed by atoms with Crippen molar-refractivity contribution in [1.82, 2.24) is 10.2 Å². The van der Waals surface area contributed by atoms with Gasteiger partial charge in [-0.25, -0.2) is 0 Å². The van der Waals surface area contributed by atoms with Gasteiger partial charge in [0.2, 0.25) is 5.91 Å². The van der Waals surface area contributed by atoms with E-state index in [0.29, 0.717) is 24.2 Å². The van der Waals surface area contributed by atoms with Crippen molar-refractivity contribution < 1.29 is 14.7 Å². The number of likely N-dealkylation sites (tertiary alicyclic amines) is 1. The van der Waals surface area contributed by atoms with Gasteiger partial charge in [0.15, 0.2) is 0 Å². The molecule has 1 aliphatic rings. The maximum Gasteiger partial charge on any atom is 0.253 e.